The van der Waals surface area contributed by atoms with Gasteiger partial charge >= 0.3 is 0 Å². The lowest BCUT2D eigenvalue weighted by molar-refractivity contribution is 0.333. The molecule has 1 aliphatic rings. The van der Waals surface area contributed by atoms with Crippen LogP contribution in [0.3, 0.4) is 0 Å². The van der Waals surface area contributed by atoms with Crippen molar-refractivity contribution in [2.45, 2.75) is 73.3 Å². The van der Waals surface area contributed by atoms with Gasteiger partial charge in [-0.05, 0) is 66.6 Å². The van der Waals surface area contributed by atoms with Crippen LogP contribution in [-0.4, -0.2) is 37.6 Å². The van der Waals surface area contributed by atoms with Gasteiger partial charge in [0.2, 0.25) is 0 Å². The third-order valence-corrected chi connectivity index (χ3v) is 3.59. The number of hydrogen-bond acceptors (Lipinski definition) is 2. The fourth-order valence-corrected chi connectivity index (χ4v) is 1.95. The Morgan fingerprint density at radius 3 is 2.33 bits per heavy atom. The van der Waals surface area contributed by atoms with Gasteiger partial charge in [0.05, 0.1) is 0 Å². The summed E-state index contributed by atoms with van der Waals surface area (Å²) in [5.74, 6) is 0. The van der Waals surface area contributed by atoms with Gasteiger partial charge in [-0.2, -0.15) is 0 Å². The first-order valence-electron chi connectivity index (χ1n) is 8.67. The predicted molar refractivity (Wildman–Crippen MR) is 101 cm³/mol. The Morgan fingerprint density at radius 1 is 1.38 bits per heavy atom. The molecule has 0 aromatic rings. The van der Waals surface area contributed by atoms with Gasteiger partial charge in [0.25, 0.3) is 0 Å². The summed E-state index contributed by atoms with van der Waals surface area (Å²) in [5, 5.41) is 3.53. The number of hydrogen-bond donors (Lipinski definition) is 1. The maximum absolute atomic E-state index is 4.04. The summed E-state index contributed by atoms with van der Waals surface area (Å²) in [6.07, 6.45) is 7.19. The van der Waals surface area contributed by atoms with Crippen LogP contribution in [0.25, 0.3) is 0 Å². The SMILES string of the molecule is C=C(CC)CN(C)CCC1CCCN1.CC.CC=C(C)C.[HH]. The van der Waals surface area contributed by atoms with E-state index in [1.54, 1.807) is 0 Å². The van der Waals surface area contributed by atoms with Crippen molar-refractivity contribution in [2.75, 3.05) is 26.7 Å². The molecule has 128 valence electrons. The topological polar surface area (TPSA) is 15.3 Å². The highest BCUT2D eigenvalue weighted by Gasteiger charge is 2.14. The van der Waals surface area contributed by atoms with E-state index in [0.29, 0.717) is 0 Å². The first-order chi connectivity index (χ1) is 9.99. The van der Waals surface area contributed by atoms with Gasteiger partial charge in [0, 0.05) is 14.0 Å². The highest BCUT2D eigenvalue weighted by Crippen LogP contribution is 2.09. The molecule has 2 nitrogen and oxygen atoms in total. The summed E-state index contributed by atoms with van der Waals surface area (Å²) in [7, 11) is 2.19. The van der Waals surface area contributed by atoms with Gasteiger partial charge < -0.3 is 10.2 Å². The molecule has 1 fully saturated rings. The Kier molecular flexibility index (Phi) is 17.0. The van der Waals surface area contributed by atoms with Gasteiger partial charge in [-0.3, -0.25) is 0 Å². The number of nitrogens with one attached hydrogen (secondary N) is 1. The summed E-state index contributed by atoms with van der Waals surface area (Å²) in [6.45, 7) is 19.9. The Morgan fingerprint density at radius 2 is 1.95 bits per heavy atom. The number of nitrogens with zero attached hydrogens (tertiary/aromatic N) is 1. The second-order valence-electron chi connectivity index (χ2n) is 5.79. The molecule has 1 N–H and O–H groups in total. The summed E-state index contributed by atoms with van der Waals surface area (Å²) in [6, 6.07) is 0.771. The molecule has 0 aromatic carbocycles. The van der Waals surface area contributed by atoms with E-state index in [2.05, 4.69) is 50.7 Å². The van der Waals surface area contributed by atoms with E-state index >= 15 is 0 Å². The third-order valence-electron chi connectivity index (χ3n) is 3.59. The average molecular weight is 299 g/mol. The average Bonchev–Trinajstić information content (AvgIpc) is 3.01. The van der Waals surface area contributed by atoms with Crippen molar-refractivity contribution < 1.29 is 1.43 Å². The van der Waals surface area contributed by atoms with E-state index in [-0.39, 0.29) is 1.43 Å². The highest BCUT2D eigenvalue weighted by atomic mass is 15.1. The van der Waals surface area contributed by atoms with Gasteiger partial charge in [0.1, 0.15) is 0 Å². The van der Waals surface area contributed by atoms with Crippen LogP contribution in [0, 0.1) is 0 Å². The van der Waals surface area contributed by atoms with E-state index in [0.717, 1.165) is 19.0 Å². The molecule has 21 heavy (non-hydrogen) atoms. The first-order valence-corrected chi connectivity index (χ1v) is 8.67. The van der Waals surface area contributed by atoms with Gasteiger partial charge in [-0.1, -0.05) is 44.6 Å². The number of likely N-dealkylation sites (N-methyl/N-ethyl adjacent to an activating group) is 1. The monoisotopic (exact) mass is 298 g/mol. The van der Waals surface area contributed by atoms with E-state index in [9.17, 15) is 0 Å². The van der Waals surface area contributed by atoms with Crippen molar-refractivity contribution in [3.63, 3.8) is 0 Å². The molecule has 0 amide bonds. The molecule has 1 heterocycles. The fraction of sp³-hybridized carbons (Fsp3) is 0.789. The van der Waals surface area contributed by atoms with Crippen molar-refractivity contribution in [3.8, 4) is 0 Å². The van der Waals surface area contributed by atoms with Crippen LogP contribution < -0.4 is 5.32 Å². The predicted octanol–water partition coefficient (Wildman–Crippen LogP) is 5.27. The standard InChI is InChI=1S/C12H24N2.C5H10.C2H6.H2/c1-4-11(2)10-14(3)9-7-12-6-5-8-13-12;1-4-5(2)3;1-2;/h12-13H,2,4-10H2,1,3H3;4H,1-3H3;1-2H3;1H. The molecule has 1 unspecified atom stereocenters. The Hall–Kier alpha value is -0.600. The second kappa shape index (κ2) is 15.8. The molecule has 0 spiro atoms. The summed E-state index contributed by atoms with van der Waals surface area (Å²) in [5.41, 5.74) is 2.72. The molecule has 1 aliphatic heterocycles. The maximum Gasteiger partial charge on any atom is 0.0187 e. The molecule has 0 aliphatic carbocycles. The van der Waals surface area contributed by atoms with Crippen molar-refractivity contribution in [2.24, 2.45) is 0 Å². The van der Waals surface area contributed by atoms with Crippen LogP contribution in [0.1, 0.15) is 68.7 Å². The summed E-state index contributed by atoms with van der Waals surface area (Å²) < 4.78 is 0. The summed E-state index contributed by atoms with van der Waals surface area (Å²) in [4.78, 5) is 2.38. The van der Waals surface area contributed by atoms with Crippen LogP contribution in [0.5, 0.6) is 0 Å². The lowest BCUT2D eigenvalue weighted by atomic mass is 10.1. The van der Waals surface area contributed by atoms with Crippen molar-refractivity contribution in [3.05, 3.63) is 23.8 Å². The molecule has 1 rings (SSSR count). The second-order valence-corrected chi connectivity index (χ2v) is 5.79. The van der Waals surface area contributed by atoms with Gasteiger partial charge in [-0.25, -0.2) is 0 Å². The Balaban J connectivity index is -0.000000387. The molecule has 2 heteroatoms. The molecule has 0 bridgehead atoms. The zero-order valence-corrected chi connectivity index (χ0v) is 15.8. The van der Waals surface area contributed by atoms with Crippen LogP contribution in [0.15, 0.2) is 23.8 Å². The first kappa shape index (κ1) is 22.7. The quantitative estimate of drug-likeness (QED) is 0.672. The minimum atomic E-state index is 0. The lowest BCUT2D eigenvalue weighted by Gasteiger charge is -2.19. The van der Waals surface area contributed by atoms with Gasteiger partial charge in [-0.15, -0.1) is 0 Å². The Labute approximate surface area is 136 Å². The molecule has 0 radical (unpaired) electrons. The van der Waals surface area contributed by atoms with Gasteiger partial charge in [0.15, 0.2) is 0 Å². The van der Waals surface area contributed by atoms with Crippen LogP contribution in [0.4, 0.5) is 0 Å². The van der Waals surface area contributed by atoms with E-state index in [1.807, 2.05) is 20.8 Å². The molecule has 1 saturated heterocycles. The highest BCUT2D eigenvalue weighted by molar-refractivity contribution is 4.95. The smallest absolute Gasteiger partial charge is 0.0187 e. The molecular formula is C19H42N2. The van der Waals surface area contributed by atoms with Crippen LogP contribution in [0.2, 0.25) is 0 Å². The van der Waals surface area contributed by atoms with Crippen LogP contribution in [-0.2, 0) is 0 Å². The van der Waals surface area contributed by atoms with E-state index < -0.39 is 0 Å². The minimum absolute atomic E-state index is 0. The normalized spacial score (nSPS) is 16.5. The Bertz CT molecular complexity index is 265. The van der Waals surface area contributed by atoms with Crippen LogP contribution >= 0.6 is 0 Å². The lowest BCUT2D eigenvalue weighted by Crippen LogP contribution is -2.29. The van der Waals surface area contributed by atoms with Crippen molar-refractivity contribution in [1.82, 2.24) is 10.2 Å². The van der Waals surface area contributed by atoms with E-state index in [4.69, 9.17) is 0 Å². The third kappa shape index (κ3) is 15.6. The number of rotatable bonds is 6. The molecule has 0 aromatic heterocycles. The number of allylic oxidation sites excluding steroid dienone is 2. The van der Waals surface area contributed by atoms with Crippen molar-refractivity contribution in [1.29, 1.82) is 0 Å². The van der Waals surface area contributed by atoms with E-state index in [1.165, 1.54) is 43.5 Å². The zero-order valence-electron chi connectivity index (χ0n) is 15.8. The summed E-state index contributed by atoms with van der Waals surface area (Å²) >= 11 is 0. The maximum atomic E-state index is 4.04. The zero-order chi connectivity index (χ0) is 16.7. The fourth-order valence-electron chi connectivity index (χ4n) is 1.95. The molecular weight excluding hydrogens is 256 g/mol. The van der Waals surface area contributed by atoms with Crippen molar-refractivity contribution >= 4 is 0 Å². The minimum Gasteiger partial charge on any atom is -0.314 e. The molecule has 1 atom stereocenters. The molecule has 0 saturated carbocycles. The largest absolute Gasteiger partial charge is 0.314 e.